The molecule has 0 aliphatic heterocycles. The molecule has 0 fully saturated rings. The second-order valence-corrected chi connectivity index (χ2v) is 5.08. The lowest BCUT2D eigenvalue weighted by Gasteiger charge is -2.21. The highest BCUT2D eigenvalue weighted by Gasteiger charge is 2.09. The van der Waals surface area contributed by atoms with E-state index in [9.17, 15) is 4.39 Å². The Morgan fingerprint density at radius 2 is 1.89 bits per heavy atom. The summed E-state index contributed by atoms with van der Waals surface area (Å²) >= 11 is 0. The Bertz CT molecular complexity index is 377. The van der Waals surface area contributed by atoms with Gasteiger partial charge < -0.3 is 15.5 Å². The van der Waals surface area contributed by atoms with Gasteiger partial charge in [-0.1, -0.05) is 6.07 Å². The molecule has 0 heterocycles. The lowest BCUT2D eigenvalue weighted by molar-refractivity contribution is 0.401. The summed E-state index contributed by atoms with van der Waals surface area (Å²) in [6.45, 7) is 3.70. The average Bonchev–Trinajstić information content (AvgIpc) is 2.27. The summed E-state index contributed by atoms with van der Waals surface area (Å²) in [5.74, 6) is -0.197. The minimum Gasteiger partial charge on any atom is -0.372 e. The molecule has 0 spiro atoms. The van der Waals surface area contributed by atoms with Crippen molar-refractivity contribution in [3.05, 3.63) is 29.6 Å². The largest absolute Gasteiger partial charge is 0.372 e. The second kappa shape index (κ2) is 6.71. The van der Waals surface area contributed by atoms with E-state index in [4.69, 9.17) is 5.73 Å². The van der Waals surface area contributed by atoms with E-state index in [0.717, 1.165) is 25.1 Å². The van der Waals surface area contributed by atoms with Gasteiger partial charge in [0.15, 0.2) is 0 Å². The molecule has 1 aromatic carbocycles. The number of benzene rings is 1. The van der Waals surface area contributed by atoms with E-state index in [-0.39, 0.29) is 11.9 Å². The maximum absolute atomic E-state index is 13.9. The first kappa shape index (κ1) is 14.9. The van der Waals surface area contributed by atoms with Crippen LogP contribution in [0.3, 0.4) is 0 Å². The molecule has 0 saturated heterocycles. The van der Waals surface area contributed by atoms with Crippen molar-refractivity contribution in [2.45, 2.75) is 19.4 Å². The van der Waals surface area contributed by atoms with Crippen molar-refractivity contribution in [1.82, 2.24) is 4.90 Å². The first-order chi connectivity index (χ1) is 8.41. The van der Waals surface area contributed by atoms with Gasteiger partial charge in [-0.05, 0) is 51.7 Å². The van der Waals surface area contributed by atoms with Crippen LogP contribution in [0.15, 0.2) is 18.2 Å². The fraction of sp³-hybridized carbons (Fsp3) is 0.571. The zero-order chi connectivity index (χ0) is 13.7. The molecule has 102 valence electrons. The highest BCUT2D eigenvalue weighted by Crippen LogP contribution is 2.22. The van der Waals surface area contributed by atoms with Crippen molar-refractivity contribution in [2.24, 2.45) is 5.73 Å². The SMILES string of the molecule is CC(N)c1ccc(N(C)CCCN(C)C)c(F)c1. The number of anilines is 1. The van der Waals surface area contributed by atoms with Crippen LogP contribution in [0, 0.1) is 5.82 Å². The van der Waals surface area contributed by atoms with Crippen LogP contribution in [-0.4, -0.2) is 39.1 Å². The molecule has 1 rings (SSSR count). The highest BCUT2D eigenvalue weighted by molar-refractivity contribution is 5.48. The Labute approximate surface area is 109 Å². The van der Waals surface area contributed by atoms with Crippen LogP contribution in [0.5, 0.6) is 0 Å². The molecule has 4 heteroatoms. The molecule has 0 bridgehead atoms. The van der Waals surface area contributed by atoms with Crippen LogP contribution in [-0.2, 0) is 0 Å². The third kappa shape index (κ3) is 4.27. The van der Waals surface area contributed by atoms with E-state index in [1.807, 2.05) is 45.1 Å². The Kier molecular flexibility index (Phi) is 5.56. The van der Waals surface area contributed by atoms with Gasteiger partial charge in [-0.15, -0.1) is 0 Å². The number of rotatable bonds is 6. The molecule has 1 aromatic rings. The summed E-state index contributed by atoms with van der Waals surface area (Å²) in [6, 6.07) is 5.10. The summed E-state index contributed by atoms with van der Waals surface area (Å²) in [5, 5.41) is 0. The number of hydrogen-bond acceptors (Lipinski definition) is 3. The summed E-state index contributed by atoms with van der Waals surface area (Å²) in [6.07, 6.45) is 1.01. The third-order valence-electron chi connectivity index (χ3n) is 3.01. The van der Waals surface area contributed by atoms with Crippen molar-refractivity contribution < 1.29 is 4.39 Å². The van der Waals surface area contributed by atoms with Gasteiger partial charge in [-0.3, -0.25) is 0 Å². The van der Waals surface area contributed by atoms with Crippen molar-refractivity contribution in [1.29, 1.82) is 0 Å². The quantitative estimate of drug-likeness (QED) is 0.844. The molecule has 1 atom stereocenters. The van der Waals surface area contributed by atoms with Crippen LogP contribution < -0.4 is 10.6 Å². The molecule has 0 aliphatic rings. The van der Waals surface area contributed by atoms with Crippen LogP contribution >= 0.6 is 0 Å². The highest BCUT2D eigenvalue weighted by atomic mass is 19.1. The van der Waals surface area contributed by atoms with Crippen molar-refractivity contribution in [2.75, 3.05) is 39.1 Å². The van der Waals surface area contributed by atoms with Crippen LogP contribution in [0.1, 0.15) is 24.9 Å². The Hall–Kier alpha value is -1.13. The Balaban J connectivity index is 2.65. The smallest absolute Gasteiger partial charge is 0.146 e. The van der Waals surface area contributed by atoms with Gasteiger partial charge >= 0.3 is 0 Å². The average molecular weight is 253 g/mol. The zero-order valence-corrected chi connectivity index (χ0v) is 11.8. The van der Waals surface area contributed by atoms with E-state index in [0.29, 0.717) is 5.69 Å². The monoisotopic (exact) mass is 253 g/mol. The Morgan fingerprint density at radius 1 is 1.22 bits per heavy atom. The molecular weight excluding hydrogens is 229 g/mol. The van der Waals surface area contributed by atoms with Gasteiger partial charge in [0.25, 0.3) is 0 Å². The minimum absolute atomic E-state index is 0.132. The lowest BCUT2D eigenvalue weighted by atomic mass is 10.1. The Morgan fingerprint density at radius 3 is 2.39 bits per heavy atom. The molecule has 0 amide bonds. The first-order valence-electron chi connectivity index (χ1n) is 6.32. The van der Waals surface area contributed by atoms with Gasteiger partial charge in [0, 0.05) is 19.6 Å². The predicted octanol–water partition coefficient (Wildman–Crippen LogP) is 2.23. The number of nitrogens with two attached hydrogens (primary N) is 1. The molecule has 2 N–H and O–H groups in total. The molecular formula is C14H24FN3. The molecule has 0 aliphatic carbocycles. The normalized spacial score (nSPS) is 12.8. The van der Waals surface area contributed by atoms with Crippen molar-refractivity contribution in [3.63, 3.8) is 0 Å². The zero-order valence-electron chi connectivity index (χ0n) is 11.8. The van der Waals surface area contributed by atoms with Gasteiger partial charge in [-0.25, -0.2) is 4.39 Å². The van der Waals surface area contributed by atoms with Gasteiger partial charge in [0.1, 0.15) is 5.82 Å². The topological polar surface area (TPSA) is 32.5 Å². The second-order valence-electron chi connectivity index (χ2n) is 5.08. The van der Waals surface area contributed by atoms with E-state index in [1.54, 1.807) is 0 Å². The van der Waals surface area contributed by atoms with E-state index in [1.165, 1.54) is 6.07 Å². The van der Waals surface area contributed by atoms with E-state index >= 15 is 0 Å². The standard InChI is InChI=1S/C14H24FN3/c1-11(16)12-6-7-14(13(15)10-12)18(4)9-5-8-17(2)3/h6-7,10-11H,5,8-9,16H2,1-4H3. The molecule has 0 saturated carbocycles. The van der Waals surface area contributed by atoms with Crippen LogP contribution in [0.2, 0.25) is 0 Å². The maximum atomic E-state index is 13.9. The first-order valence-corrected chi connectivity index (χ1v) is 6.32. The fourth-order valence-electron chi connectivity index (χ4n) is 1.86. The molecule has 3 nitrogen and oxygen atoms in total. The molecule has 1 unspecified atom stereocenters. The lowest BCUT2D eigenvalue weighted by Crippen LogP contribution is -2.24. The minimum atomic E-state index is -0.197. The summed E-state index contributed by atoms with van der Waals surface area (Å²) in [7, 11) is 6.00. The summed E-state index contributed by atoms with van der Waals surface area (Å²) in [5.41, 5.74) is 7.21. The molecule has 18 heavy (non-hydrogen) atoms. The maximum Gasteiger partial charge on any atom is 0.146 e. The van der Waals surface area contributed by atoms with Gasteiger partial charge in [0.2, 0.25) is 0 Å². The van der Waals surface area contributed by atoms with E-state index in [2.05, 4.69) is 4.90 Å². The van der Waals surface area contributed by atoms with Crippen LogP contribution in [0.25, 0.3) is 0 Å². The van der Waals surface area contributed by atoms with Gasteiger partial charge in [-0.2, -0.15) is 0 Å². The van der Waals surface area contributed by atoms with Gasteiger partial charge in [0.05, 0.1) is 5.69 Å². The van der Waals surface area contributed by atoms with E-state index < -0.39 is 0 Å². The summed E-state index contributed by atoms with van der Waals surface area (Å²) in [4.78, 5) is 4.08. The third-order valence-corrected chi connectivity index (χ3v) is 3.01. The van der Waals surface area contributed by atoms with Crippen molar-refractivity contribution >= 4 is 5.69 Å². The van der Waals surface area contributed by atoms with Crippen molar-refractivity contribution in [3.8, 4) is 0 Å². The number of hydrogen-bond donors (Lipinski definition) is 1. The molecule has 0 aromatic heterocycles. The fourth-order valence-corrected chi connectivity index (χ4v) is 1.86. The summed E-state index contributed by atoms with van der Waals surface area (Å²) < 4.78 is 13.9. The number of nitrogens with zero attached hydrogens (tertiary/aromatic N) is 2. The predicted molar refractivity (Wildman–Crippen MR) is 75.4 cm³/mol. The van der Waals surface area contributed by atoms with Crippen LogP contribution in [0.4, 0.5) is 10.1 Å². The molecule has 0 radical (unpaired) electrons. The number of halogens is 1.